The number of hydrogen-bond acceptors (Lipinski definition) is 3. The topological polar surface area (TPSA) is 54.3 Å². The zero-order chi connectivity index (χ0) is 23.2. The lowest BCUT2D eigenvalue weighted by atomic mass is 10.1. The Morgan fingerprint density at radius 1 is 1.06 bits per heavy atom. The van der Waals surface area contributed by atoms with Gasteiger partial charge in [0, 0.05) is 22.1 Å². The van der Waals surface area contributed by atoms with Crippen LogP contribution in [0, 0.1) is 26.6 Å². The molecule has 0 atom stereocenters. The van der Waals surface area contributed by atoms with E-state index < -0.39 is 11.8 Å². The largest absolute Gasteiger partial charge is 0.318 e. The number of carbonyl (C=O) groups is 2. The van der Waals surface area contributed by atoms with E-state index >= 15 is 0 Å². The fourth-order valence-electron chi connectivity index (χ4n) is 3.79. The number of thiocarbonyl (C=S) groups is 1. The molecule has 1 N–H and O–H groups in total. The Morgan fingerprint density at radius 2 is 1.75 bits per heavy atom. The van der Waals surface area contributed by atoms with Crippen molar-refractivity contribution in [1.29, 1.82) is 0 Å². The summed E-state index contributed by atoms with van der Waals surface area (Å²) in [6.45, 7) is 5.55. The summed E-state index contributed by atoms with van der Waals surface area (Å²) < 4.78 is 15.3. The molecule has 2 heterocycles. The van der Waals surface area contributed by atoms with E-state index in [1.165, 1.54) is 17.0 Å². The molecule has 4 rings (SSSR count). The normalized spacial score (nSPS) is 15.5. The minimum Gasteiger partial charge on any atom is -0.318 e. The highest BCUT2D eigenvalue weighted by Crippen LogP contribution is 2.30. The van der Waals surface area contributed by atoms with Crippen molar-refractivity contribution >= 4 is 52.5 Å². The molecule has 2 amide bonds. The van der Waals surface area contributed by atoms with Crippen LogP contribution in [0.15, 0.2) is 54.1 Å². The van der Waals surface area contributed by atoms with Gasteiger partial charge in [0.15, 0.2) is 5.11 Å². The molecule has 2 aromatic carbocycles. The average molecular weight is 468 g/mol. The Kier molecular flexibility index (Phi) is 5.71. The molecule has 0 spiro atoms. The van der Waals surface area contributed by atoms with Crippen molar-refractivity contribution in [2.45, 2.75) is 20.8 Å². The number of benzene rings is 2. The third kappa shape index (κ3) is 3.74. The summed E-state index contributed by atoms with van der Waals surface area (Å²) in [5.74, 6) is -1.42. The predicted octanol–water partition coefficient (Wildman–Crippen LogP) is 5.03. The summed E-state index contributed by atoms with van der Waals surface area (Å²) >= 11 is 11.5. The van der Waals surface area contributed by atoms with E-state index in [1.54, 1.807) is 43.3 Å². The number of rotatable bonds is 3. The van der Waals surface area contributed by atoms with Crippen LogP contribution >= 0.6 is 23.8 Å². The first-order valence-electron chi connectivity index (χ1n) is 9.80. The molecule has 0 unspecified atom stereocenters. The van der Waals surface area contributed by atoms with E-state index in [-0.39, 0.29) is 16.5 Å². The molecule has 1 aliphatic rings. The summed E-state index contributed by atoms with van der Waals surface area (Å²) in [7, 11) is 0. The molecule has 32 heavy (non-hydrogen) atoms. The smallest absolute Gasteiger partial charge is 0.270 e. The van der Waals surface area contributed by atoms with Gasteiger partial charge in [0.25, 0.3) is 11.8 Å². The van der Waals surface area contributed by atoms with E-state index in [2.05, 4.69) is 5.32 Å². The van der Waals surface area contributed by atoms with E-state index in [0.717, 1.165) is 17.1 Å². The maximum atomic E-state index is 13.3. The van der Waals surface area contributed by atoms with E-state index in [4.69, 9.17) is 23.8 Å². The van der Waals surface area contributed by atoms with Crippen LogP contribution in [0.1, 0.15) is 22.5 Å². The Balaban J connectivity index is 1.78. The Hall–Kier alpha value is -3.29. The third-order valence-electron chi connectivity index (χ3n) is 5.44. The molecule has 0 aliphatic carbocycles. The number of nitrogens with one attached hydrogen (secondary N) is 1. The van der Waals surface area contributed by atoms with E-state index in [0.29, 0.717) is 21.8 Å². The van der Waals surface area contributed by atoms with Crippen LogP contribution in [0.4, 0.5) is 10.1 Å². The SMILES string of the molecule is Cc1c(Cl)cccc1N1C(=O)C(=Cc2cc(C)n(-c3ccc(F)cc3)c2C)C(=O)NC1=S. The molecule has 8 heteroatoms. The zero-order valence-electron chi connectivity index (χ0n) is 17.6. The molecular weight excluding hydrogens is 449 g/mol. The Bertz CT molecular complexity index is 1310. The monoisotopic (exact) mass is 467 g/mol. The van der Waals surface area contributed by atoms with Gasteiger partial charge in [-0.3, -0.25) is 19.8 Å². The van der Waals surface area contributed by atoms with Crippen LogP contribution in [-0.2, 0) is 9.59 Å². The van der Waals surface area contributed by atoms with Gasteiger partial charge in [0.1, 0.15) is 11.4 Å². The van der Waals surface area contributed by atoms with Crippen LogP contribution < -0.4 is 10.2 Å². The first-order valence-corrected chi connectivity index (χ1v) is 10.6. The van der Waals surface area contributed by atoms with E-state index in [1.807, 2.05) is 24.5 Å². The molecule has 0 bridgehead atoms. The maximum absolute atomic E-state index is 13.3. The minimum absolute atomic E-state index is 0.000647. The predicted molar refractivity (Wildman–Crippen MR) is 128 cm³/mol. The second-order valence-electron chi connectivity index (χ2n) is 7.48. The van der Waals surface area contributed by atoms with Crippen molar-refractivity contribution in [3.05, 3.63) is 87.5 Å². The highest BCUT2D eigenvalue weighted by atomic mass is 35.5. The number of halogens is 2. The summed E-state index contributed by atoms with van der Waals surface area (Å²) in [5, 5.41) is 3.08. The zero-order valence-corrected chi connectivity index (χ0v) is 19.1. The first-order chi connectivity index (χ1) is 15.2. The van der Waals surface area contributed by atoms with Gasteiger partial charge in [-0.25, -0.2) is 4.39 Å². The molecule has 162 valence electrons. The standard InChI is InChI=1S/C24H19ClFN3O2S/c1-13-11-16(15(3)28(13)18-9-7-17(26)8-10-18)12-19-22(30)27-24(32)29(23(19)31)21-6-4-5-20(25)14(21)2/h4-12H,1-3H3,(H,27,30,32). The first kappa shape index (κ1) is 21.9. The molecule has 0 radical (unpaired) electrons. The van der Waals surface area contributed by atoms with Gasteiger partial charge in [0.2, 0.25) is 0 Å². The van der Waals surface area contributed by atoms with Gasteiger partial charge >= 0.3 is 0 Å². The van der Waals surface area contributed by atoms with Gasteiger partial charge in [0.05, 0.1) is 5.69 Å². The second kappa shape index (κ2) is 8.33. The lowest BCUT2D eigenvalue weighted by molar-refractivity contribution is -0.122. The van der Waals surface area contributed by atoms with Crippen molar-refractivity contribution < 1.29 is 14.0 Å². The maximum Gasteiger partial charge on any atom is 0.270 e. The van der Waals surface area contributed by atoms with Crippen LogP contribution in [0.2, 0.25) is 5.02 Å². The molecule has 5 nitrogen and oxygen atoms in total. The summed E-state index contributed by atoms with van der Waals surface area (Å²) in [6, 6.07) is 13.1. The molecular formula is C24H19ClFN3O2S. The Morgan fingerprint density at radius 3 is 2.44 bits per heavy atom. The summed E-state index contributed by atoms with van der Waals surface area (Å²) in [4.78, 5) is 27.3. The van der Waals surface area contributed by atoms with Crippen molar-refractivity contribution in [3.63, 3.8) is 0 Å². The van der Waals surface area contributed by atoms with Gasteiger partial charge in [-0.15, -0.1) is 0 Å². The van der Waals surface area contributed by atoms with Crippen LogP contribution in [0.3, 0.4) is 0 Å². The Labute approximate surface area is 195 Å². The number of anilines is 1. The molecule has 0 saturated carbocycles. The van der Waals surface area contributed by atoms with Crippen molar-refractivity contribution in [1.82, 2.24) is 9.88 Å². The van der Waals surface area contributed by atoms with Crippen molar-refractivity contribution in [2.75, 3.05) is 4.90 Å². The van der Waals surface area contributed by atoms with Crippen LogP contribution in [-0.4, -0.2) is 21.5 Å². The highest BCUT2D eigenvalue weighted by Gasteiger charge is 2.35. The number of aryl methyl sites for hydroxylation is 1. The number of carbonyl (C=O) groups excluding carboxylic acids is 2. The molecule has 1 fully saturated rings. The quantitative estimate of drug-likeness (QED) is 0.334. The molecule has 1 aliphatic heterocycles. The molecule has 1 aromatic heterocycles. The average Bonchev–Trinajstić information content (AvgIpc) is 3.02. The van der Waals surface area contributed by atoms with Gasteiger partial charge in [-0.1, -0.05) is 17.7 Å². The molecule has 1 saturated heterocycles. The lowest BCUT2D eigenvalue weighted by Gasteiger charge is -2.30. The van der Waals surface area contributed by atoms with Gasteiger partial charge in [-0.2, -0.15) is 0 Å². The molecule has 3 aromatic rings. The fourth-order valence-corrected chi connectivity index (χ4v) is 4.23. The van der Waals surface area contributed by atoms with Gasteiger partial charge in [-0.05, 0) is 92.7 Å². The fraction of sp³-hybridized carbons (Fsp3) is 0.125. The third-order valence-corrected chi connectivity index (χ3v) is 6.13. The summed E-state index contributed by atoms with van der Waals surface area (Å²) in [6.07, 6.45) is 1.55. The highest BCUT2D eigenvalue weighted by molar-refractivity contribution is 7.80. The lowest BCUT2D eigenvalue weighted by Crippen LogP contribution is -2.54. The number of amides is 2. The second-order valence-corrected chi connectivity index (χ2v) is 8.27. The number of aromatic nitrogens is 1. The minimum atomic E-state index is -0.567. The van der Waals surface area contributed by atoms with E-state index in [9.17, 15) is 14.0 Å². The van der Waals surface area contributed by atoms with Crippen molar-refractivity contribution in [2.24, 2.45) is 0 Å². The summed E-state index contributed by atoms with van der Waals surface area (Å²) in [5.41, 5.74) is 4.30. The van der Waals surface area contributed by atoms with Crippen molar-refractivity contribution in [3.8, 4) is 5.69 Å². The van der Waals surface area contributed by atoms with Gasteiger partial charge < -0.3 is 4.57 Å². The number of nitrogens with zero attached hydrogens (tertiary/aromatic N) is 2. The number of hydrogen-bond donors (Lipinski definition) is 1. The van der Waals surface area contributed by atoms with Crippen LogP contribution in [0.25, 0.3) is 11.8 Å². The van der Waals surface area contributed by atoms with Crippen LogP contribution in [0.5, 0.6) is 0 Å².